The van der Waals surface area contributed by atoms with Crippen molar-refractivity contribution in [1.29, 1.82) is 0 Å². The minimum absolute atomic E-state index is 0.797. The van der Waals surface area contributed by atoms with E-state index in [9.17, 15) is 0 Å². The highest BCUT2D eigenvalue weighted by molar-refractivity contribution is 5.76. The van der Waals surface area contributed by atoms with Gasteiger partial charge in [-0.05, 0) is 45.2 Å². The van der Waals surface area contributed by atoms with Crippen molar-refractivity contribution in [3.63, 3.8) is 0 Å². The van der Waals surface area contributed by atoms with Crippen LogP contribution < -0.4 is 5.73 Å². The molecule has 1 aromatic heterocycles. The Morgan fingerprint density at radius 2 is 1.70 bits per heavy atom. The van der Waals surface area contributed by atoms with Crippen molar-refractivity contribution in [1.82, 2.24) is 9.55 Å². The Labute approximate surface area is 121 Å². The van der Waals surface area contributed by atoms with Crippen molar-refractivity contribution < 1.29 is 0 Å². The molecule has 108 valence electrons. The molecule has 0 atom stereocenters. The molecule has 0 spiro atoms. The Morgan fingerprint density at radius 1 is 1.10 bits per heavy atom. The number of aromatic nitrogens is 2. The van der Waals surface area contributed by atoms with Gasteiger partial charge in [-0.2, -0.15) is 0 Å². The van der Waals surface area contributed by atoms with Gasteiger partial charge < -0.3 is 10.3 Å². The summed E-state index contributed by atoms with van der Waals surface area (Å²) in [4.78, 5) is 4.72. The molecule has 2 rings (SSSR count). The van der Waals surface area contributed by atoms with E-state index >= 15 is 0 Å². The lowest BCUT2D eigenvalue weighted by molar-refractivity contribution is 0.622. The average molecular weight is 271 g/mol. The van der Waals surface area contributed by atoms with Gasteiger partial charge in [0.25, 0.3) is 0 Å². The predicted octanol–water partition coefficient (Wildman–Crippen LogP) is 4.17. The maximum atomic E-state index is 6.35. The average Bonchev–Trinajstić information content (AvgIpc) is 2.62. The number of hydrogen-bond acceptors (Lipinski definition) is 2. The summed E-state index contributed by atoms with van der Waals surface area (Å²) in [6.07, 6.45) is 2.29. The fourth-order valence-corrected chi connectivity index (χ4v) is 2.92. The van der Waals surface area contributed by atoms with E-state index in [2.05, 4.69) is 44.4 Å². The second-order valence-electron chi connectivity index (χ2n) is 5.67. The second-order valence-corrected chi connectivity index (χ2v) is 5.67. The SMILES string of the molecule is CCCCn1c(C)nc(-c2c(C)cc(C)cc2C)c1N. The molecule has 1 aromatic carbocycles. The van der Waals surface area contributed by atoms with Crippen molar-refractivity contribution in [2.75, 3.05) is 5.73 Å². The summed E-state index contributed by atoms with van der Waals surface area (Å²) >= 11 is 0. The molecule has 3 heteroatoms. The molecule has 0 fully saturated rings. The topological polar surface area (TPSA) is 43.8 Å². The van der Waals surface area contributed by atoms with Crippen LogP contribution >= 0.6 is 0 Å². The van der Waals surface area contributed by atoms with Crippen molar-refractivity contribution in [2.24, 2.45) is 0 Å². The highest BCUT2D eigenvalue weighted by Gasteiger charge is 2.17. The van der Waals surface area contributed by atoms with Gasteiger partial charge in [0, 0.05) is 12.1 Å². The molecule has 0 saturated carbocycles. The van der Waals surface area contributed by atoms with E-state index in [1.165, 1.54) is 22.3 Å². The van der Waals surface area contributed by atoms with Crippen LogP contribution in [0.4, 0.5) is 5.82 Å². The molecule has 3 nitrogen and oxygen atoms in total. The Morgan fingerprint density at radius 3 is 2.25 bits per heavy atom. The van der Waals surface area contributed by atoms with E-state index in [1.54, 1.807) is 0 Å². The number of imidazole rings is 1. The van der Waals surface area contributed by atoms with Crippen molar-refractivity contribution in [3.05, 3.63) is 34.6 Å². The normalized spacial score (nSPS) is 11.1. The summed E-state index contributed by atoms with van der Waals surface area (Å²) in [6.45, 7) is 11.6. The first kappa shape index (κ1) is 14.6. The Balaban J connectivity index is 2.54. The van der Waals surface area contributed by atoms with Crippen LogP contribution in [-0.2, 0) is 6.54 Å². The van der Waals surface area contributed by atoms with E-state index in [-0.39, 0.29) is 0 Å². The van der Waals surface area contributed by atoms with Crippen LogP contribution in [0.2, 0.25) is 0 Å². The molecule has 2 aromatic rings. The second kappa shape index (κ2) is 5.70. The highest BCUT2D eigenvalue weighted by atomic mass is 15.1. The van der Waals surface area contributed by atoms with E-state index < -0.39 is 0 Å². The summed E-state index contributed by atoms with van der Waals surface area (Å²) in [5.41, 5.74) is 12.2. The van der Waals surface area contributed by atoms with Crippen molar-refractivity contribution >= 4 is 5.82 Å². The molecule has 0 saturated heterocycles. The number of anilines is 1. The van der Waals surface area contributed by atoms with Gasteiger partial charge >= 0.3 is 0 Å². The fourth-order valence-electron chi connectivity index (χ4n) is 2.92. The van der Waals surface area contributed by atoms with E-state index in [4.69, 9.17) is 10.7 Å². The largest absolute Gasteiger partial charge is 0.383 e. The third-order valence-corrected chi connectivity index (χ3v) is 3.85. The van der Waals surface area contributed by atoms with Gasteiger partial charge in [0.05, 0.1) is 0 Å². The first-order valence-corrected chi connectivity index (χ1v) is 7.36. The quantitative estimate of drug-likeness (QED) is 0.907. The lowest BCUT2D eigenvalue weighted by Crippen LogP contribution is -2.05. The Kier molecular flexibility index (Phi) is 4.17. The first-order valence-electron chi connectivity index (χ1n) is 7.36. The lowest BCUT2D eigenvalue weighted by Gasteiger charge is -2.11. The molecular weight excluding hydrogens is 246 g/mol. The molecule has 1 heterocycles. The number of nitrogen functional groups attached to an aromatic ring is 1. The highest BCUT2D eigenvalue weighted by Crippen LogP contribution is 2.32. The van der Waals surface area contributed by atoms with Crippen LogP contribution in [0.5, 0.6) is 0 Å². The van der Waals surface area contributed by atoms with Crippen LogP contribution in [0.15, 0.2) is 12.1 Å². The minimum Gasteiger partial charge on any atom is -0.383 e. The number of benzene rings is 1. The van der Waals surface area contributed by atoms with Crippen LogP contribution in [-0.4, -0.2) is 9.55 Å². The van der Waals surface area contributed by atoms with Crippen molar-refractivity contribution in [2.45, 2.75) is 54.0 Å². The van der Waals surface area contributed by atoms with Gasteiger partial charge in [-0.1, -0.05) is 31.0 Å². The molecule has 2 N–H and O–H groups in total. The monoisotopic (exact) mass is 271 g/mol. The van der Waals surface area contributed by atoms with Crippen LogP contribution in [0.1, 0.15) is 42.3 Å². The van der Waals surface area contributed by atoms with Gasteiger partial charge in [0.1, 0.15) is 17.3 Å². The number of unbranched alkanes of at least 4 members (excludes halogenated alkanes) is 1. The van der Waals surface area contributed by atoms with Gasteiger partial charge in [-0.3, -0.25) is 0 Å². The fraction of sp³-hybridized carbons (Fsp3) is 0.471. The third kappa shape index (κ3) is 2.58. The van der Waals surface area contributed by atoms with Crippen LogP contribution in [0.25, 0.3) is 11.3 Å². The zero-order valence-electron chi connectivity index (χ0n) is 13.2. The molecule has 0 radical (unpaired) electrons. The minimum atomic E-state index is 0.797. The summed E-state index contributed by atoms with van der Waals surface area (Å²) in [5.74, 6) is 1.80. The smallest absolute Gasteiger partial charge is 0.131 e. The van der Waals surface area contributed by atoms with Crippen LogP contribution in [0, 0.1) is 27.7 Å². The maximum Gasteiger partial charge on any atom is 0.131 e. The molecule has 0 bridgehead atoms. The van der Waals surface area contributed by atoms with Gasteiger partial charge in [0.2, 0.25) is 0 Å². The molecular formula is C17H25N3. The Hall–Kier alpha value is -1.77. The molecule has 0 aliphatic heterocycles. The van der Waals surface area contributed by atoms with E-state index in [0.29, 0.717) is 0 Å². The standard InChI is InChI=1S/C17H25N3/c1-6-7-8-20-14(5)19-16(17(20)18)15-12(3)9-11(2)10-13(15)4/h9-10H,6-8,18H2,1-5H3. The van der Waals surface area contributed by atoms with Crippen LogP contribution in [0.3, 0.4) is 0 Å². The molecule has 20 heavy (non-hydrogen) atoms. The number of aryl methyl sites for hydroxylation is 4. The van der Waals surface area contributed by atoms with Gasteiger partial charge in [-0.15, -0.1) is 0 Å². The number of hydrogen-bond donors (Lipinski definition) is 1. The molecule has 0 unspecified atom stereocenters. The summed E-state index contributed by atoms with van der Waals surface area (Å²) in [5, 5.41) is 0. The van der Waals surface area contributed by atoms with E-state index in [1.807, 2.05) is 6.92 Å². The van der Waals surface area contributed by atoms with E-state index in [0.717, 1.165) is 36.7 Å². The summed E-state index contributed by atoms with van der Waals surface area (Å²) < 4.78 is 2.14. The summed E-state index contributed by atoms with van der Waals surface area (Å²) in [7, 11) is 0. The Bertz CT molecular complexity index is 600. The zero-order valence-corrected chi connectivity index (χ0v) is 13.2. The number of nitrogens with zero attached hydrogens (tertiary/aromatic N) is 2. The molecule has 0 aliphatic carbocycles. The van der Waals surface area contributed by atoms with Gasteiger partial charge in [-0.25, -0.2) is 4.98 Å². The lowest BCUT2D eigenvalue weighted by atomic mass is 9.97. The zero-order chi connectivity index (χ0) is 14.9. The molecule has 0 aliphatic rings. The molecule has 0 amide bonds. The first-order chi connectivity index (χ1) is 9.45. The van der Waals surface area contributed by atoms with Crippen molar-refractivity contribution in [3.8, 4) is 11.3 Å². The predicted molar refractivity (Wildman–Crippen MR) is 85.9 cm³/mol. The number of nitrogens with two attached hydrogens (primary N) is 1. The number of rotatable bonds is 4. The summed E-state index contributed by atoms with van der Waals surface area (Å²) in [6, 6.07) is 4.39. The van der Waals surface area contributed by atoms with Gasteiger partial charge in [0.15, 0.2) is 0 Å². The third-order valence-electron chi connectivity index (χ3n) is 3.85. The maximum absolute atomic E-state index is 6.35.